The van der Waals surface area contributed by atoms with Crippen molar-refractivity contribution in [3.63, 3.8) is 0 Å². The fourth-order valence-electron chi connectivity index (χ4n) is 3.70. The van der Waals surface area contributed by atoms with E-state index in [9.17, 15) is 9.90 Å². The van der Waals surface area contributed by atoms with Gasteiger partial charge in [-0.25, -0.2) is 9.79 Å². The van der Waals surface area contributed by atoms with Crippen molar-refractivity contribution in [1.82, 2.24) is 10.6 Å². The summed E-state index contributed by atoms with van der Waals surface area (Å²) >= 11 is 0. The van der Waals surface area contributed by atoms with E-state index in [-0.39, 0.29) is 48.6 Å². The molecular weight excluding hydrogens is 533 g/mol. The summed E-state index contributed by atoms with van der Waals surface area (Å²) in [6, 6.07) is 17.0. The molecule has 3 rings (SSSR count). The molecular formula is C25H34IN3O4. The van der Waals surface area contributed by atoms with Crippen molar-refractivity contribution in [2.75, 3.05) is 32.9 Å². The van der Waals surface area contributed by atoms with Crippen LogP contribution in [0.25, 0.3) is 0 Å². The molecule has 1 atom stereocenters. The summed E-state index contributed by atoms with van der Waals surface area (Å²) < 4.78 is 11.0. The number of aliphatic imine (C=N–C) groups is 1. The van der Waals surface area contributed by atoms with Gasteiger partial charge in [-0.15, -0.1) is 24.0 Å². The molecule has 1 fully saturated rings. The molecule has 180 valence electrons. The van der Waals surface area contributed by atoms with Crippen molar-refractivity contribution in [3.05, 3.63) is 71.3 Å². The van der Waals surface area contributed by atoms with Crippen molar-refractivity contribution >= 4 is 35.9 Å². The van der Waals surface area contributed by atoms with Crippen LogP contribution in [0.5, 0.6) is 0 Å². The van der Waals surface area contributed by atoms with Crippen LogP contribution < -0.4 is 10.6 Å². The number of aliphatic hydroxyl groups is 1. The highest BCUT2D eigenvalue weighted by molar-refractivity contribution is 14.0. The van der Waals surface area contributed by atoms with Crippen molar-refractivity contribution in [2.45, 2.75) is 32.9 Å². The lowest BCUT2D eigenvalue weighted by atomic mass is 9.84. The number of nitrogens with one attached hydrogen (secondary N) is 2. The summed E-state index contributed by atoms with van der Waals surface area (Å²) in [5, 5.41) is 16.1. The molecule has 0 bridgehead atoms. The average molecular weight is 567 g/mol. The van der Waals surface area contributed by atoms with Gasteiger partial charge in [-0.05, 0) is 43.0 Å². The SMILES string of the molecule is CCNC(=NCc1cccc(C(=O)OCc2ccccc2)c1)NCC1(CCO)CCOC1.I. The van der Waals surface area contributed by atoms with Gasteiger partial charge in [0.1, 0.15) is 6.61 Å². The third kappa shape index (κ3) is 8.60. The quantitative estimate of drug-likeness (QED) is 0.176. The van der Waals surface area contributed by atoms with Crippen LogP contribution in [0.2, 0.25) is 0 Å². The van der Waals surface area contributed by atoms with E-state index >= 15 is 0 Å². The van der Waals surface area contributed by atoms with Gasteiger partial charge < -0.3 is 25.2 Å². The Hall–Kier alpha value is -2.17. The zero-order valence-electron chi connectivity index (χ0n) is 19.1. The lowest BCUT2D eigenvalue weighted by Crippen LogP contribution is -2.44. The predicted molar refractivity (Wildman–Crippen MR) is 140 cm³/mol. The van der Waals surface area contributed by atoms with E-state index in [4.69, 9.17) is 9.47 Å². The Labute approximate surface area is 213 Å². The minimum atomic E-state index is -0.350. The van der Waals surface area contributed by atoms with E-state index in [1.165, 1.54) is 0 Å². The van der Waals surface area contributed by atoms with Crippen molar-refractivity contribution in [2.24, 2.45) is 10.4 Å². The molecule has 3 N–H and O–H groups in total. The Morgan fingerprint density at radius 1 is 1.15 bits per heavy atom. The molecule has 0 aliphatic carbocycles. The van der Waals surface area contributed by atoms with E-state index in [1.807, 2.05) is 55.5 Å². The van der Waals surface area contributed by atoms with Crippen LogP contribution >= 0.6 is 24.0 Å². The first-order valence-corrected chi connectivity index (χ1v) is 11.1. The smallest absolute Gasteiger partial charge is 0.338 e. The van der Waals surface area contributed by atoms with Crippen LogP contribution in [0.4, 0.5) is 0 Å². The molecule has 2 aromatic rings. The van der Waals surface area contributed by atoms with Crippen molar-refractivity contribution in [1.29, 1.82) is 0 Å². The zero-order valence-corrected chi connectivity index (χ0v) is 21.4. The second-order valence-electron chi connectivity index (χ2n) is 8.09. The van der Waals surface area contributed by atoms with Gasteiger partial charge in [-0.1, -0.05) is 42.5 Å². The van der Waals surface area contributed by atoms with Crippen molar-refractivity contribution in [3.8, 4) is 0 Å². The number of carbonyl (C=O) groups is 1. The molecule has 0 spiro atoms. The van der Waals surface area contributed by atoms with Crippen molar-refractivity contribution < 1.29 is 19.4 Å². The number of esters is 1. The molecule has 1 aliphatic heterocycles. The van der Waals surface area contributed by atoms with Crippen LogP contribution in [-0.2, 0) is 22.6 Å². The number of ether oxygens (including phenoxy) is 2. The Morgan fingerprint density at radius 2 is 1.94 bits per heavy atom. The molecule has 1 saturated heterocycles. The number of aliphatic hydroxyl groups excluding tert-OH is 1. The van der Waals surface area contributed by atoms with Crippen LogP contribution in [0.3, 0.4) is 0 Å². The highest BCUT2D eigenvalue weighted by atomic mass is 127. The summed E-state index contributed by atoms with van der Waals surface area (Å²) in [6.07, 6.45) is 1.62. The first-order chi connectivity index (χ1) is 15.6. The Morgan fingerprint density at radius 3 is 2.64 bits per heavy atom. The number of nitrogens with zero attached hydrogens (tertiary/aromatic N) is 1. The van der Waals surface area contributed by atoms with E-state index < -0.39 is 0 Å². The van der Waals surface area contributed by atoms with E-state index in [2.05, 4.69) is 15.6 Å². The summed E-state index contributed by atoms with van der Waals surface area (Å²) in [5.74, 6) is 0.352. The second kappa shape index (κ2) is 14.2. The molecule has 1 unspecified atom stereocenters. The van der Waals surface area contributed by atoms with Crippen LogP contribution in [0, 0.1) is 5.41 Å². The normalized spacial score (nSPS) is 17.8. The van der Waals surface area contributed by atoms with Crippen LogP contribution in [-0.4, -0.2) is 49.9 Å². The van der Waals surface area contributed by atoms with E-state index in [0.29, 0.717) is 37.6 Å². The van der Waals surface area contributed by atoms with E-state index in [1.54, 1.807) is 6.07 Å². The third-order valence-electron chi connectivity index (χ3n) is 5.60. The molecule has 0 amide bonds. The summed E-state index contributed by atoms with van der Waals surface area (Å²) in [5.41, 5.74) is 2.32. The van der Waals surface area contributed by atoms with Crippen LogP contribution in [0.15, 0.2) is 59.6 Å². The van der Waals surface area contributed by atoms with Gasteiger partial charge in [0, 0.05) is 31.7 Å². The number of halogens is 1. The Kier molecular flexibility index (Phi) is 11.6. The van der Waals surface area contributed by atoms with Crippen LogP contribution in [0.1, 0.15) is 41.3 Å². The standard InChI is InChI=1S/C25H33N3O4.HI/c1-2-26-24(28-18-25(11-13-29)12-14-31-19-25)27-16-21-9-6-10-22(15-21)23(30)32-17-20-7-4-3-5-8-20;/h3-10,15,29H,2,11-14,16-19H2,1H3,(H2,26,27,28);1H. The maximum Gasteiger partial charge on any atom is 0.338 e. The number of hydrogen-bond donors (Lipinski definition) is 3. The largest absolute Gasteiger partial charge is 0.457 e. The molecule has 8 heteroatoms. The topological polar surface area (TPSA) is 92.2 Å². The highest BCUT2D eigenvalue weighted by Gasteiger charge is 2.34. The zero-order chi connectivity index (χ0) is 22.7. The maximum atomic E-state index is 12.4. The maximum absolute atomic E-state index is 12.4. The van der Waals surface area contributed by atoms with Gasteiger partial charge in [0.05, 0.1) is 18.7 Å². The molecule has 1 aliphatic rings. The summed E-state index contributed by atoms with van der Waals surface area (Å²) in [7, 11) is 0. The monoisotopic (exact) mass is 567 g/mol. The number of hydrogen-bond acceptors (Lipinski definition) is 5. The molecule has 0 radical (unpaired) electrons. The second-order valence-corrected chi connectivity index (χ2v) is 8.09. The van der Waals surface area contributed by atoms with Gasteiger partial charge in [0.15, 0.2) is 5.96 Å². The highest BCUT2D eigenvalue weighted by Crippen LogP contribution is 2.31. The lowest BCUT2D eigenvalue weighted by Gasteiger charge is -2.27. The Balaban J connectivity index is 0.00000385. The van der Waals surface area contributed by atoms with E-state index in [0.717, 1.165) is 30.7 Å². The number of carbonyl (C=O) groups excluding carboxylic acids is 1. The lowest BCUT2D eigenvalue weighted by molar-refractivity contribution is 0.0472. The first-order valence-electron chi connectivity index (χ1n) is 11.1. The third-order valence-corrected chi connectivity index (χ3v) is 5.60. The predicted octanol–water partition coefficient (Wildman–Crippen LogP) is 3.51. The number of benzene rings is 2. The van der Waals surface area contributed by atoms with Gasteiger partial charge in [-0.2, -0.15) is 0 Å². The molecule has 1 heterocycles. The first kappa shape index (κ1) is 27.1. The van der Waals surface area contributed by atoms with Gasteiger partial charge in [0.25, 0.3) is 0 Å². The molecule has 0 aromatic heterocycles. The molecule has 7 nitrogen and oxygen atoms in total. The number of rotatable bonds is 10. The number of guanidine groups is 1. The minimum Gasteiger partial charge on any atom is -0.457 e. The fraction of sp³-hybridized carbons (Fsp3) is 0.440. The molecule has 2 aromatic carbocycles. The van der Waals surface area contributed by atoms with Gasteiger partial charge in [-0.3, -0.25) is 0 Å². The Bertz CT molecular complexity index is 886. The average Bonchev–Trinajstić information content (AvgIpc) is 3.29. The summed E-state index contributed by atoms with van der Waals surface area (Å²) in [6.45, 7) is 5.63. The fourth-order valence-corrected chi connectivity index (χ4v) is 3.70. The minimum absolute atomic E-state index is 0. The van der Waals surface area contributed by atoms with Gasteiger partial charge in [0.2, 0.25) is 0 Å². The molecule has 33 heavy (non-hydrogen) atoms. The molecule has 0 saturated carbocycles. The summed E-state index contributed by atoms with van der Waals surface area (Å²) in [4.78, 5) is 17.1. The van der Waals surface area contributed by atoms with Gasteiger partial charge >= 0.3 is 5.97 Å².